The highest BCUT2D eigenvalue weighted by Gasteiger charge is 2.28. The Balaban J connectivity index is 2.18. The molecule has 0 bridgehead atoms. The van der Waals surface area contributed by atoms with Crippen molar-refractivity contribution in [2.75, 3.05) is 19.8 Å². The van der Waals surface area contributed by atoms with Crippen molar-refractivity contribution in [2.24, 2.45) is 0 Å². The molecule has 1 fully saturated rings. The van der Waals surface area contributed by atoms with Crippen LogP contribution in [0.5, 0.6) is 0 Å². The molecule has 1 aromatic heterocycles. The normalized spacial score (nSPS) is 16.4. The molecular weight excluding hydrogens is 306 g/mol. The fourth-order valence-corrected chi connectivity index (χ4v) is 3.65. The predicted octanol–water partition coefficient (Wildman–Crippen LogP) is 1.96. The molecule has 0 amide bonds. The van der Waals surface area contributed by atoms with Gasteiger partial charge in [-0.3, -0.25) is 0 Å². The molecule has 2 N–H and O–H groups in total. The number of hydrogen-bond acceptors (Lipinski definition) is 4. The second kappa shape index (κ2) is 6.32. The first kappa shape index (κ1) is 16.9. The Hall–Kier alpha value is -0.500. The van der Waals surface area contributed by atoms with Gasteiger partial charge in [0.15, 0.2) is 0 Å². The lowest BCUT2D eigenvalue weighted by molar-refractivity contribution is 0.570. The molecule has 120 valence electrons. The van der Waals surface area contributed by atoms with Crippen molar-refractivity contribution < 1.29 is 8.42 Å². The van der Waals surface area contributed by atoms with Gasteiger partial charge in [0.2, 0.25) is 10.0 Å². The number of hydrogen-bond donors (Lipinski definition) is 2. The maximum absolute atomic E-state index is 12.5. The van der Waals surface area contributed by atoms with Crippen LogP contribution in [0.25, 0.3) is 0 Å². The summed E-state index contributed by atoms with van der Waals surface area (Å²) in [6.45, 7) is 5.17. The van der Waals surface area contributed by atoms with Crippen LogP contribution >= 0.6 is 11.8 Å². The molecule has 0 spiro atoms. The largest absolute Gasteiger partial charge is 0.346 e. The lowest BCUT2D eigenvalue weighted by atomic mass is 10.2. The maximum atomic E-state index is 12.5. The number of rotatable bonds is 8. The number of nitrogens with one attached hydrogen (secondary N) is 2. The van der Waals surface area contributed by atoms with Crippen molar-refractivity contribution in [3.05, 3.63) is 18.0 Å². The molecule has 0 unspecified atom stereocenters. The summed E-state index contributed by atoms with van der Waals surface area (Å²) in [6.07, 6.45) is 6.04. The van der Waals surface area contributed by atoms with Gasteiger partial charge >= 0.3 is 0 Å². The summed E-state index contributed by atoms with van der Waals surface area (Å²) in [5.41, 5.74) is 1.03. The zero-order valence-electron chi connectivity index (χ0n) is 13.1. The predicted molar refractivity (Wildman–Crippen MR) is 88.2 cm³/mol. The van der Waals surface area contributed by atoms with E-state index in [1.165, 1.54) is 0 Å². The first-order valence-corrected chi connectivity index (χ1v) is 9.90. The summed E-state index contributed by atoms with van der Waals surface area (Å²) in [5.74, 6) is 0. The molecule has 0 aliphatic heterocycles. The fraction of sp³-hybridized carbons (Fsp3) is 0.714. The number of nitrogens with zero attached hydrogens (tertiary/aromatic N) is 1. The van der Waals surface area contributed by atoms with E-state index in [2.05, 4.69) is 14.6 Å². The zero-order chi connectivity index (χ0) is 15.7. The van der Waals surface area contributed by atoms with Gasteiger partial charge in [0.1, 0.15) is 0 Å². The quantitative estimate of drug-likeness (QED) is 0.764. The second-order valence-corrected chi connectivity index (χ2v) is 9.40. The van der Waals surface area contributed by atoms with Gasteiger partial charge in [0, 0.05) is 35.8 Å². The van der Waals surface area contributed by atoms with Gasteiger partial charge in [0.25, 0.3) is 0 Å². The van der Waals surface area contributed by atoms with Crippen LogP contribution in [0.4, 0.5) is 0 Å². The van der Waals surface area contributed by atoms with E-state index >= 15 is 0 Å². The van der Waals surface area contributed by atoms with Crippen LogP contribution in [0.15, 0.2) is 17.2 Å². The molecule has 1 heterocycles. The van der Waals surface area contributed by atoms with E-state index in [1.807, 2.05) is 27.2 Å². The van der Waals surface area contributed by atoms with Gasteiger partial charge in [-0.25, -0.2) is 13.1 Å². The van der Waals surface area contributed by atoms with E-state index in [9.17, 15) is 8.42 Å². The average Bonchev–Trinajstić information content (AvgIpc) is 3.18. The van der Waals surface area contributed by atoms with E-state index < -0.39 is 10.0 Å². The highest BCUT2D eigenvalue weighted by Crippen LogP contribution is 2.37. The Kier molecular flexibility index (Phi) is 5.07. The Labute approximate surface area is 131 Å². The summed E-state index contributed by atoms with van der Waals surface area (Å²) in [5, 5.41) is 3.10. The molecule has 2 rings (SSSR count). The van der Waals surface area contributed by atoms with Crippen molar-refractivity contribution in [1.82, 2.24) is 14.6 Å². The van der Waals surface area contributed by atoms with E-state index in [-0.39, 0.29) is 4.75 Å². The van der Waals surface area contributed by atoms with Crippen LogP contribution in [-0.4, -0.2) is 37.6 Å². The first-order chi connectivity index (χ1) is 9.79. The van der Waals surface area contributed by atoms with Crippen molar-refractivity contribution in [3.8, 4) is 0 Å². The molecule has 21 heavy (non-hydrogen) atoms. The van der Waals surface area contributed by atoms with Gasteiger partial charge in [0.05, 0.1) is 4.90 Å². The third-order valence-corrected chi connectivity index (χ3v) is 6.37. The van der Waals surface area contributed by atoms with Gasteiger partial charge < -0.3 is 9.88 Å². The van der Waals surface area contributed by atoms with Gasteiger partial charge in [-0.05, 0) is 46.1 Å². The molecule has 7 heteroatoms. The average molecular weight is 332 g/mol. The van der Waals surface area contributed by atoms with Gasteiger partial charge in [-0.15, -0.1) is 0 Å². The standard InChI is InChI=1S/C14H25N3O2S2/c1-14(2,20-4)10-16-21(18,19)13-7-12(8-15-3)17(9-13)11-5-6-11/h7,9,11,15-16H,5-6,8,10H2,1-4H3. The van der Waals surface area contributed by atoms with Crippen LogP contribution in [0.2, 0.25) is 0 Å². The third kappa shape index (κ3) is 4.25. The summed E-state index contributed by atoms with van der Waals surface area (Å²) in [6, 6.07) is 2.25. The summed E-state index contributed by atoms with van der Waals surface area (Å²) < 4.78 is 29.6. The minimum atomic E-state index is -3.44. The van der Waals surface area contributed by atoms with Crippen LogP contribution in [0, 0.1) is 0 Å². The topological polar surface area (TPSA) is 63.1 Å². The highest BCUT2D eigenvalue weighted by molar-refractivity contribution is 8.00. The van der Waals surface area contributed by atoms with Crippen molar-refractivity contribution in [1.29, 1.82) is 0 Å². The smallest absolute Gasteiger partial charge is 0.242 e. The Morgan fingerprint density at radius 1 is 1.43 bits per heavy atom. The van der Waals surface area contributed by atoms with Crippen molar-refractivity contribution >= 4 is 21.8 Å². The molecule has 1 aliphatic carbocycles. The summed E-state index contributed by atoms with van der Waals surface area (Å²) in [7, 11) is -1.57. The summed E-state index contributed by atoms with van der Waals surface area (Å²) >= 11 is 1.65. The van der Waals surface area contributed by atoms with Gasteiger partial charge in [-0.2, -0.15) is 11.8 Å². The highest BCUT2D eigenvalue weighted by atomic mass is 32.2. The number of aromatic nitrogens is 1. The van der Waals surface area contributed by atoms with Crippen LogP contribution in [0.1, 0.15) is 38.4 Å². The second-order valence-electron chi connectivity index (χ2n) is 6.12. The third-order valence-electron chi connectivity index (χ3n) is 3.76. The monoisotopic (exact) mass is 331 g/mol. The van der Waals surface area contributed by atoms with E-state index in [0.29, 0.717) is 24.0 Å². The number of thioether (sulfide) groups is 1. The molecule has 0 atom stereocenters. The number of sulfonamides is 1. The molecule has 1 saturated carbocycles. The molecule has 0 saturated heterocycles. The molecule has 1 aliphatic rings. The minimum absolute atomic E-state index is 0.111. The molecule has 0 aromatic carbocycles. The maximum Gasteiger partial charge on any atom is 0.242 e. The van der Waals surface area contributed by atoms with E-state index in [1.54, 1.807) is 24.0 Å². The van der Waals surface area contributed by atoms with Crippen molar-refractivity contribution in [3.63, 3.8) is 0 Å². The molecule has 1 aromatic rings. The molecular formula is C14H25N3O2S2. The van der Waals surface area contributed by atoms with E-state index in [4.69, 9.17) is 0 Å². The Morgan fingerprint density at radius 2 is 2.10 bits per heavy atom. The summed E-state index contributed by atoms with van der Waals surface area (Å²) in [4.78, 5) is 0.372. The minimum Gasteiger partial charge on any atom is -0.346 e. The molecule has 0 radical (unpaired) electrons. The van der Waals surface area contributed by atoms with Crippen LogP contribution in [-0.2, 0) is 16.6 Å². The van der Waals surface area contributed by atoms with Gasteiger partial charge in [-0.1, -0.05) is 0 Å². The lowest BCUT2D eigenvalue weighted by Crippen LogP contribution is -2.35. The fourth-order valence-electron chi connectivity index (χ4n) is 2.08. The molecule has 5 nitrogen and oxygen atoms in total. The SMILES string of the molecule is CNCc1cc(S(=O)(=O)NCC(C)(C)SC)cn1C1CC1. The van der Waals surface area contributed by atoms with Crippen LogP contribution in [0.3, 0.4) is 0 Å². The zero-order valence-corrected chi connectivity index (χ0v) is 14.8. The Morgan fingerprint density at radius 3 is 2.62 bits per heavy atom. The van der Waals surface area contributed by atoms with Crippen molar-refractivity contribution in [2.45, 2.75) is 48.9 Å². The lowest BCUT2D eigenvalue weighted by Gasteiger charge is -2.21. The Bertz CT molecular complexity index is 589. The van der Waals surface area contributed by atoms with E-state index in [0.717, 1.165) is 18.5 Å². The van der Waals surface area contributed by atoms with Crippen LogP contribution < -0.4 is 10.0 Å². The first-order valence-electron chi connectivity index (χ1n) is 7.19.